The first-order chi connectivity index (χ1) is 10.2. The summed E-state index contributed by atoms with van der Waals surface area (Å²) in [6.07, 6.45) is 0. The van der Waals surface area contributed by atoms with Gasteiger partial charge in [0.05, 0.1) is 0 Å². The summed E-state index contributed by atoms with van der Waals surface area (Å²) in [6.45, 7) is 10.9. The molecule has 0 bridgehead atoms. The van der Waals surface area contributed by atoms with Crippen LogP contribution in [0.5, 0.6) is 0 Å². The van der Waals surface area contributed by atoms with Crippen molar-refractivity contribution < 1.29 is 1.37 Å². The van der Waals surface area contributed by atoms with Crippen molar-refractivity contribution in [3.63, 3.8) is 0 Å². The minimum atomic E-state index is -0.546. The highest BCUT2D eigenvalue weighted by atomic mass is 14.4. The Balaban J connectivity index is 2.60. The van der Waals surface area contributed by atoms with E-state index in [-0.39, 0.29) is 11.3 Å². The minimum absolute atomic E-state index is 0.0835. The summed E-state index contributed by atoms with van der Waals surface area (Å²) < 4.78 is 8.79. The van der Waals surface area contributed by atoms with Crippen molar-refractivity contribution in [2.75, 3.05) is 0 Å². The summed E-state index contributed by atoms with van der Waals surface area (Å²) in [5, 5.41) is 0. The Hall–Kier alpha value is -1.56. The van der Waals surface area contributed by atoms with Gasteiger partial charge in [0.15, 0.2) is 0 Å². The van der Waals surface area contributed by atoms with Crippen LogP contribution in [0.15, 0.2) is 60.7 Å². The fraction of sp³-hybridized carbons (Fsp3) is 0.429. The van der Waals surface area contributed by atoms with Gasteiger partial charge in [0.2, 0.25) is 0 Å². The molecule has 0 aliphatic heterocycles. The van der Waals surface area contributed by atoms with Crippen LogP contribution in [0.1, 0.15) is 59.0 Å². The highest BCUT2D eigenvalue weighted by Crippen LogP contribution is 2.48. The van der Waals surface area contributed by atoms with Gasteiger partial charge < -0.3 is 0 Å². The first-order valence-electron chi connectivity index (χ1n) is 8.31. The fourth-order valence-electron chi connectivity index (χ4n) is 3.37. The van der Waals surface area contributed by atoms with Crippen LogP contribution in [0, 0.1) is 11.3 Å². The molecule has 0 amide bonds. The lowest BCUT2D eigenvalue weighted by molar-refractivity contribution is 0.244. The number of rotatable bonds is 4. The molecule has 0 fully saturated rings. The molecule has 0 saturated heterocycles. The molecular weight excluding hydrogens is 252 g/mol. The summed E-state index contributed by atoms with van der Waals surface area (Å²) in [7, 11) is 0. The summed E-state index contributed by atoms with van der Waals surface area (Å²) in [4.78, 5) is 0. The Kier molecular flexibility index (Phi) is 4.43. The van der Waals surface area contributed by atoms with Crippen LogP contribution < -0.4 is 0 Å². The van der Waals surface area contributed by atoms with E-state index >= 15 is 0 Å². The van der Waals surface area contributed by atoms with Gasteiger partial charge in [-0.2, -0.15) is 0 Å². The lowest BCUT2D eigenvalue weighted by Gasteiger charge is -2.40. The lowest BCUT2D eigenvalue weighted by atomic mass is 9.64. The Morgan fingerprint density at radius 1 is 0.762 bits per heavy atom. The van der Waals surface area contributed by atoms with Crippen molar-refractivity contribution in [3.05, 3.63) is 71.8 Å². The van der Waals surface area contributed by atoms with Crippen LogP contribution in [0.25, 0.3) is 0 Å². The standard InChI is InChI=1S/C21H28/c1-16(2)19(17-12-8-6-9-13-17)20(21(3,4)5)18-14-10-7-11-15-18/h6-16,19-20H,1-5H3/i16D. The molecule has 112 valence electrons. The van der Waals surface area contributed by atoms with Crippen LogP contribution in [0.4, 0.5) is 0 Å². The summed E-state index contributed by atoms with van der Waals surface area (Å²) in [5.74, 6) is -0.102. The Bertz CT molecular complexity index is 517. The van der Waals surface area contributed by atoms with Crippen LogP contribution in [0.3, 0.4) is 0 Å². The van der Waals surface area contributed by atoms with Gasteiger partial charge >= 0.3 is 0 Å². The zero-order valence-corrected chi connectivity index (χ0v) is 13.9. The van der Waals surface area contributed by atoms with Crippen LogP contribution in [-0.4, -0.2) is 0 Å². The quantitative estimate of drug-likeness (QED) is 0.620. The number of benzene rings is 2. The van der Waals surface area contributed by atoms with Crippen molar-refractivity contribution in [1.82, 2.24) is 0 Å². The highest BCUT2D eigenvalue weighted by molar-refractivity contribution is 5.30. The predicted octanol–water partition coefficient (Wildman–Crippen LogP) is 6.26. The second-order valence-electron chi connectivity index (χ2n) is 7.22. The molecule has 2 aromatic carbocycles. The third-order valence-electron chi connectivity index (χ3n) is 4.21. The maximum absolute atomic E-state index is 8.79. The molecular formula is C21H28. The van der Waals surface area contributed by atoms with E-state index in [1.54, 1.807) is 0 Å². The van der Waals surface area contributed by atoms with E-state index in [9.17, 15) is 0 Å². The molecule has 0 aliphatic carbocycles. The average Bonchev–Trinajstić information content (AvgIpc) is 2.44. The fourth-order valence-corrected chi connectivity index (χ4v) is 3.37. The molecule has 0 aromatic heterocycles. The van der Waals surface area contributed by atoms with Gasteiger partial charge in [-0.15, -0.1) is 0 Å². The van der Waals surface area contributed by atoms with Crippen molar-refractivity contribution in [3.8, 4) is 0 Å². The molecule has 2 aromatic rings. The summed E-state index contributed by atoms with van der Waals surface area (Å²) in [6, 6.07) is 21.2. The van der Waals surface area contributed by atoms with E-state index < -0.39 is 5.89 Å². The molecule has 0 heteroatoms. The topological polar surface area (TPSA) is 0 Å². The van der Waals surface area contributed by atoms with Gasteiger partial charge in [0.25, 0.3) is 0 Å². The molecule has 2 rings (SSSR count). The van der Waals surface area contributed by atoms with E-state index in [0.29, 0.717) is 5.92 Å². The number of hydrogen-bond acceptors (Lipinski definition) is 0. The number of hydrogen-bond donors (Lipinski definition) is 0. The molecule has 2 atom stereocenters. The zero-order valence-electron chi connectivity index (χ0n) is 14.9. The van der Waals surface area contributed by atoms with Crippen molar-refractivity contribution >= 4 is 0 Å². The molecule has 0 heterocycles. The normalized spacial score (nSPS) is 16.1. The van der Waals surface area contributed by atoms with E-state index in [1.165, 1.54) is 11.1 Å². The van der Waals surface area contributed by atoms with Crippen molar-refractivity contribution in [2.24, 2.45) is 11.3 Å². The third kappa shape index (κ3) is 3.75. The van der Waals surface area contributed by atoms with Gasteiger partial charge in [-0.25, -0.2) is 0 Å². The van der Waals surface area contributed by atoms with Crippen LogP contribution >= 0.6 is 0 Å². The highest BCUT2D eigenvalue weighted by Gasteiger charge is 2.35. The SMILES string of the molecule is [2H]C(C)(C)C(c1ccccc1)C(c1ccccc1)C(C)(C)C. The molecule has 0 radical (unpaired) electrons. The van der Waals surface area contributed by atoms with Crippen LogP contribution in [0.2, 0.25) is 0 Å². The molecule has 0 spiro atoms. The predicted molar refractivity (Wildman–Crippen MR) is 92.7 cm³/mol. The zero-order chi connectivity index (χ0) is 16.4. The van der Waals surface area contributed by atoms with Crippen molar-refractivity contribution in [2.45, 2.75) is 46.5 Å². The van der Waals surface area contributed by atoms with Gasteiger partial charge in [0.1, 0.15) is 0 Å². The van der Waals surface area contributed by atoms with E-state index in [2.05, 4.69) is 75.4 Å². The van der Waals surface area contributed by atoms with Crippen molar-refractivity contribution in [1.29, 1.82) is 0 Å². The van der Waals surface area contributed by atoms with E-state index in [1.807, 2.05) is 19.9 Å². The maximum Gasteiger partial charge on any atom is 0.0303 e. The molecule has 0 aliphatic rings. The molecule has 21 heavy (non-hydrogen) atoms. The van der Waals surface area contributed by atoms with Gasteiger partial charge in [-0.05, 0) is 34.3 Å². The molecule has 0 saturated carbocycles. The first-order valence-corrected chi connectivity index (χ1v) is 7.81. The lowest BCUT2D eigenvalue weighted by Crippen LogP contribution is -2.28. The van der Waals surface area contributed by atoms with Gasteiger partial charge in [-0.3, -0.25) is 0 Å². The van der Waals surface area contributed by atoms with Gasteiger partial charge in [0, 0.05) is 1.37 Å². The first kappa shape index (κ1) is 14.4. The second kappa shape index (κ2) is 6.47. The average molecular weight is 281 g/mol. The van der Waals surface area contributed by atoms with Crippen LogP contribution in [-0.2, 0) is 0 Å². The molecule has 2 unspecified atom stereocenters. The summed E-state index contributed by atoms with van der Waals surface area (Å²) >= 11 is 0. The third-order valence-corrected chi connectivity index (χ3v) is 4.21. The Labute approximate surface area is 131 Å². The summed E-state index contributed by atoms with van der Waals surface area (Å²) in [5.41, 5.74) is 2.66. The van der Waals surface area contributed by atoms with E-state index in [0.717, 1.165) is 0 Å². The maximum atomic E-state index is 8.79. The smallest absolute Gasteiger partial charge is 0.0303 e. The largest absolute Gasteiger partial charge is 0.0622 e. The Morgan fingerprint density at radius 2 is 1.19 bits per heavy atom. The second-order valence-corrected chi connectivity index (χ2v) is 7.22. The Morgan fingerprint density at radius 3 is 1.57 bits per heavy atom. The minimum Gasteiger partial charge on any atom is -0.0622 e. The molecule has 0 N–H and O–H groups in total. The van der Waals surface area contributed by atoms with Gasteiger partial charge in [-0.1, -0.05) is 95.3 Å². The monoisotopic (exact) mass is 281 g/mol. The molecule has 0 nitrogen and oxygen atoms in total. The van der Waals surface area contributed by atoms with E-state index in [4.69, 9.17) is 1.37 Å².